The molecule has 2 aromatic rings. The molecule has 4 nitrogen and oxygen atoms in total. The maximum atomic E-state index is 13.3. The second-order valence-electron chi connectivity index (χ2n) is 8.47. The Morgan fingerprint density at radius 3 is 2.38 bits per heavy atom. The normalized spacial score (nSPS) is 12.0. The van der Waals surface area contributed by atoms with E-state index in [4.69, 9.17) is 4.43 Å². The standard InChI is InChI=1S/C22H28F2N2O2Si/c1-14-16(22(5,6)28-29-21(2,3)4)8-7-9-19(14)26-20(27)13-25-15-10-11-17(23)18(24)12-15/h7-12,25H,13H2,1-6H3,(H,26,27). The molecule has 0 saturated heterocycles. The second-order valence-corrected chi connectivity index (χ2v) is 10.4. The average Bonchev–Trinajstić information content (AvgIpc) is 2.62. The smallest absolute Gasteiger partial charge is 0.243 e. The van der Waals surface area contributed by atoms with Crippen LogP contribution in [0.15, 0.2) is 36.4 Å². The Bertz CT molecular complexity index is 880. The predicted octanol–water partition coefficient (Wildman–Crippen LogP) is 5.41. The number of carbonyl (C=O) groups excluding carboxylic acids is 1. The molecule has 2 rings (SSSR count). The summed E-state index contributed by atoms with van der Waals surface area (Å²) in [6, 6.07) is 9.13. The van der Waals surface area contributed by atoms with Gasteiger partial charge >= 0.3 is 0 Å². The van der Waals surface area contributed by atoms with Crippen LogP contribution in [0.5, 0.6) is 0 Å². The molecule has 2 radical (unpaired) electrons. The largest absolute Gasteiger partial charge is 0.408 e. The Kier molecular flexibility index (Phi) is 7.18. The summed E-state index contributed by atoms with van der Waals surface area (Å²) in [6.45, 7) is 12.3. The summed E-state index contributed by atoms with van der Waals surface area (Å²) in [7, 11) is 0.335. The Hall–Kier alpha value is -2.25. The summed E-state index contributed by atoms with van der Waals surface area (Å²) < 4.78 is 32.4. The van der Waals surface area contributed by atoms with Crippen molar-refractivity contribution < 1.29 is 18.0 Å². The van der Waals surface area contributed by atoms with Gasteiger partial charge in [0.25, 0.3) is 0 Å². The van der Waals surface area contributed by atoms with E-state index >= 15 is 0 Å². The zero-order chi connectivity index (χ0) is 21.8. The minimum Gasteiger partial charge on any atom is -0.408 e. The Morgan fingerprint density at radius 2 is 1.76 bits per heavy atom. The zero-order valence-electron chi connectivity index (χ0n) is 17.7. The van der Waals surface area contributed by atoms with Crippen LogP contribution in [-0.2, 0) is 14.8 Å². The molecular weight excluding hydrogens is 390 g/mol. The molecule has 1 amide bonds. The quantitative estimate of drug-likeness (QED) is 0.591. The number of nitrogens with one attached hydrogen (secondary N) is 2. The molecule has 2 aromatic carbocycles. The predicted molar refractivity (Wildman–Crippen MR) is 114 cm³/mol. The van der Waals surface area contributed by atoms with E-state index in [1.807, 2.05) is 39.0 Å². The first-order chi connectivity index (χ1) is 13.4. The molecule has 29 heavy (non-hydrogen) atoms. The van der Waals surface area contributed by atoms with Crippen molar-refractivity contribution in [1.29, 1.82) is 0 Å². The molecule has 0 spiro atoms. The van der Waals surface area contributed by atoms with Crippen LogP contribution < -0.4 is 10.6 Å². The van der Waals surface area contributed by atoms with E-state index in [0.29, 0.717) is 21.1 Å². The minimum absolute atomic E-state index is 0.0694. The highest BCUT2D eigenvalue weighted by Gasteiger charge is 2.27. The Balaban J connectivity index is 2.06. The van der Waals surface area contributed by atoms with Crippen LogP contribution >= 0.6 is 0 Å². The first-order valence-electron chi connectivity index (χ1n) is 9.43. The van der Waals surface area contributed by atoms with Crippen LogP contribution in [0.2, 0.25) is 5.04 Å². The van der Waals surface area contributed by atoms with E-state index in [2.05, 4.69) is 31.4 Å². The van der Waals surface area contributed by atoms with E-state index in [1.54, 1.807) is 0 Å². The van der Waals surface area contributed by atoms with E-state index in [9.17, 15) is 13.6 Å². The van der Waals surface area contributed by atoms with Gasteiger partial charge < -0.3 is 15.1 Å². The summed E-state index contributed by atoms with van der Waals surface area (Å²) >= 11 is 0. The molecule has 7 heteroatoms. The van der Waals surface area contributed by atoms with Crippen molar-refractivity contribution in [3.8, 4) is 0 Å². The number of hydrogen-bond donors (Lipinski definition) is 2. The van der Waals surface area contributed by atoms with E-state index in [1.165, 1.54) is 6.07 Å². The van der Waals surface area contributed by atoms with Gasteiger partial charge in [-0.3, -0.25) is 4.79 Å². The number of carbonyl (C=O) groups is 1. The number of benzene rings is 2. The maximum absolute atomic E-state index is 13.3. The van der Waals surface area contributed by atoms with Crippen LogP contribution in [0.25, 0.3) is 0 Å². The molecule has 0 fully saturated rings. The van der Waals surface area contributed by atoms with Gasteiger partial charge in [-0.2, -0.15) is 0 Å². The van der Waals surface area contributed by atoms with Crippen molar-refractivity contribution in [2.45, 2.75) is 52.2 Å². The summed E-state index contributed by atoms with van der Waals surface area (Å²) in [5.41, 5.74) is 2.45. The molecule has 0 atom stereocenters. The fourth-order valence-corrected chi connectivity index (χ4v) is 3.41. The lowest BCUT2D eigenvalue weighted by Crippen LogP contribution is -2.29. The van der Waals surface area contributed by atoms with Crippen LogP contribution in [0.1, 0.15) is 45.7 Å². The minimum atomic E-state index is -0.961. The Morgan fingerprint density at radius 1 is 1.07 bits per heavy atom. The lowest BCUT2D eigenvalue weighted by Gasteiger charge is -2.31. The maximum Gasteiger partial charge on any atom is 0.243 e. The molecule has 0 aliphatic rings. The second kappa shape index (κ2) is 9.05. The molecule has 0 aromatic heterocycles. The molecule has 0 heterocycles. The highest BCUT2D eigenvalue weighted by Crippen LogP contribution is 2.33. The first-order valence-corrected chi connectivity index (χ1v) is 10.3. The summed E-state index contributed by atoms with van der Waals surface area (Å²) in [4.78, 5) is 12.3. The third-order valence-corrected chi connectivity index (χ3v) is 5.47. The van der Waals surface area contributed by atoms with E-state index in [-0.39, 0.29) is 17.5 Å². The summed E-state index contributed by atoms with van der Waals surface area (Å²) in [5, 5.41) is 5.73. The number of amides is 1. The monoisotopic (exact) mass is 418 g/mol. The van der Waals surface area contributed by atoms with Gasteiger partial charge in [0, 0.05) is 17.4 Å². The molecule has 0 aliphatic heterocycles. The zero-order valence-corrected chi connectivity index (χ0v) is 18.7. The lowest BCUT2D eigenvalue weighted by atomic mass is 9.93. The van der Waals surface area contributed by atoms with Gasteiger partial charge in [-0.05, 0) is 55.1 Å². The number of anilines is 2. The molecule has 2 N–H and O–H groups in total. The third kappa shape index (κ3) is 6.64. The molecule has 0 bridgehead atoms. The van der Waals surface area contributed by atoms with E-state index < -0.39 is 17.2 Å². The van der Waals surface area contributed by atoms with Crippen LogP contribution in [0.4, 0.5) is 20.2 Å². The van der Waals surface area contributed by atoms with Gasteiger partial charge in [0.2, 0.25) is 15.7 Å². The molecule has 156 valence electrons. The molecular formula is C22H28F2N2O2Si. The molecule has 0 unspecified atom stereocenters. The van der Waals surface area contributed by atoms with Crippen molar-refractivity contribution in [3.05, 3.63) is 59.2 Å². The van der Waals surface area contributed by atoms with Gasteiger partial charge in [-0.25, -0.2) is 8.78 Å². The highest BCUT2D eigenvalue weighted by atomic mass is 28.2. The number of rotatable bonds is 7. The molecule has 0 saturated carbocycles. The van der Waals surface area contributed by atoms with Crippen molar-refractivity contribution in [3.63, 3.8) is 0 Å². The topological polar surface area (TPSA) is 50.4 Å². The van der Waals surface area contributed by atoms with E-state index in [0.717, 1.165) is 23.3 Å². The van der Waals surface area contributed by atoms with Crippen molar-refractivity contribution >= 4 is 27.0 Å². The van der Waals surface area contributed by atoms with Crippen LogP contribution in [0.3, 0.4) is 0 Å². The highest BCUT2D eigenvalue weighted by molar-refractivity contribution is 6.31. The SMILES string of the molecule is Cc1c(NC(=O)CNc2ccc(F)c(F)c2)cccc1C(C)(C)O[Si]C(C)(C)C. The van der Waals surface area contributed by atoms with Crippen molar-refractivity contribution in [2.75, 3.05) is 17.2 Å². The van der Waals surface area contributed by atoms with Gasteiger partial charge in [0.05, 0.1) is 12.1 Å². The van der Waals surface area contributed by atoms with Gasteiger partial charge in [0.1, 0.15) is 0 Å². The fraction of sp³-hybridized carbons (Fsp3) is 0.409. The van der Waals surface area contributed by atoms with Crippen LogP contribution in [-0.4, -0.2) is 22.2 Å². The lowest BCUT2D eigenvalue weighted by molar-refractivity contribution is -0.114. The average molecular weight is 419 g/mol. The fourth-order valence-electron chi connectivity index (χ4n) is 2.74. The van der Waals surface area contributed by atoms with Gasteiger partial charge in [-0.15, -0.1) is 0 Å². The van der Waals surface area contributed by atoms with Crippen LogP contribution in [0, 0.1) is 18.6 Å². The number of hydrogen-bond acceptors (Lipinski definition) is 3. The van der Waals surface area contributed by atoms with Crippen molar-refractivity contribution in [1.82, 2.24) is 0 Å². The summed E-state index contributed by atoms with van der Waals surface area (Å²) in [5.74, 6) is -2.17. The van der Waals surface area contributed by atoms with Gasteiger partial charge in [-0.1, -0.05) is 32.9 Å². The third-order valence-electron chi connectivity index (χ3n) is 4.24. The van der Waals surface area contributed by atoms with Crippen molar-refractivity contribution in [2.24, 2.45) is 0 Å². The molecule has 0 aliphatic carbocycles. The van der Waals surface area contributed by atoms with Gasteiger partial charge in [0.15, 0.2) is 11.6 Å². The summed E-state index contributed by atoms with van der Waals surface area (Å²) in [6.07, 6.45) is 0. The first kappa shape index (κ1) is 23.0. The number of halogens is 2. The Labute approximate surface area is 174 Å².